The second kappa shape index (κ2) is 6.72. The van der Waals surface area contributed by atoms with Crippen LogP contribution in [0.1, 0.15) is 11.1 Å². The fourth-order valence-corrected chi connectivity index (χ4v) is 1.93. The van der Waals surface area contributed by atoms with Crippen LogP contribution in [0.4, 0.5) is 13.2 Å². The highest BCUT2D eigenvalue weighted by atomic mass is 19.4. The molecule has 0 aliphatic rings. The Morgan fingerprint density at radius 1 is 1.39 bits per heavy atom. The van der Waals surface area contributed by atoms with Crippen LogP contribution in [-0.4, -0.2) is 34.2 Å². The second-order valence-corrected chi connectivity index (χ2v) is 5.09. The molecule has 0 atom stereocenters. The van der Waals surface area contributed by atoms with Gasteiger partial charge in [0.1, 0.15) is 5.75 Å². The maximum atomic E-state index is 12.6. The van der Waals surface area contributed by atoms with Crippen molar-refractivity contribution < 1.29 is 22.7 Å². The van der Waals surface area contributed by atoms with E-state index >= 15 is 0 Å². The Balaban J connectivity index is 1.91. The molecule has 0 aliphatic carbocycles. The van der Waals surface area contributed by atoms with Crippen LogP contribution in [0.2, 0.25) is 0 Å². The van der Waals surface area contributed by atoms with E-state index in [0.29, 0.717) is 6.54 Å². The van der Waals surface area contributed by atoms with Crippen molar-refractivity contribution in [1.82, 2.24) is 14.7 Å². The average molecular weight is 327 g/mol. The third-order valence-electron chi connectivity index (χ3n) is 3.13. The van der Waals surface area contributed by atoms with Crippen LogP contribution >= 0.6 is 0 Å². The largest absolute Gasteiger partial charge is 0.484 e. The fourth-order valence-electron chi connectivity index (χ4n) is 1.93. The minimum absolute atomic E-state index is 0.00273. The van der Waals surface area contributed by atoms with E-state index in [9.17, 15) is 18.0 Å². The summed E-state index contributed by atoms with van der Waals surface area (Å²) in [5.74, 6) is -0.339. The molecule has 0 aliphatic heterocycles. The van der Waals surface area contributed by atoms with Gasteiger partial charge in [0.2, 0.25) is 0 Å². The molecule has 124 valence electrons. The molecule has 5 nitrogen and oxygen atoms in total. The van der Waals surface area contributed by atoms with Crippen molar-refractivity contribution in [3.8, 4) is 5.75 Å². The van der Waals surface area contributed by atoms with Gasteiger partial charge in [0.05, 0.1) is 11.8 Å². The van der Waals surface area contributed by atoms with E-state index in [-0.39, 0.29) is 18.3 Å². The topological polar surface area (TPSA) is 47.4 Å². The molecular weight excluding hydrogens is 311 g/mol. The number of aryl methyl sites for hydroxylation is 1. The van der Waals surface area contributed by atoms with Gasteiger partial charge in [-0.15, -0.1) is 0 Å². The average Bonchev–Trinajstić information content (AvgIpc) is 2.89. The number of nitrogens with zero attached hydrogens (tertiary/aromatic N) is 3. The number of alkyl halides is 3. The lowest BCUT2D eigenvalue weighted by Crippen LogP contribution is -2.30. The highest BCUT2D eigenvalue weighted by Crippen LogP contribution is 2.31. The molecular formula is C15H16F3N3O2. The first-order chi connectivity index (χ1) is 10.8. The fraction of sp³-hybridized carbons (Fsp3) is 0.333. The first kappa shape index (κ1) is 16.9. The van der Waals surface area contributed by atoms with Gasteiger partial charge in [0, 0.05) is 32.4 Å². The van der Waals surface area contributed by atoms with Crippen LogP contribution in [0.3, 0.4) is 0 Å². The Kier molecular flexibility index (Phi) is 4.92. The van der Waals surface area contributed by atoms with Gasteiger partial charge < -0.3 is 9.64 Å². The summed E-state index contributed by atoms with van der Waals surface area (Å²) in [6.07, 6.45) is -1.03. The van der Waals surface area contributed by atoms with Crippen molar-refractivity contribution in [2.24, 2.45) is 7.05 Å². The van der Waals surface area contributed by atoms with Crippen LogP contribution in [0.5, 0.6) is 5.75 Å². The Labute approximate surface area is 131 Å². The molecule has 2 rings (SSSR count). The predicted molar refractivity (Wildman–Crippen MR) is 76.6 cm³/mol. The highest BCUT2D eigenvalue weighted by Gasteiger charge is 2.30. The van der Waals surface area contributed by atoms with Crippen molar-refractivity contribution in [3.63, 3.8) is 0 Å². The van der Waals surface area contributed by atoms with Gasteiger partial charge in [0.15, 0.2) is 6.61 Å². The van der Waals surface area contributed by atoms with Crippen LogP contribution in [0, 0.1) is 0 Å². The first-order valence-electron chi connectivity index (χ1n) is 6.77. The van der Waals surface area contributed by atoms with Crippen molar-refractivity contribution in [3.05, 3.63) is 47.8 Å². The summed E-state index contributed by atoms with van der Waals surface area (Å²) in [7, 11) is 3.35. The summed E-state index contributed by atoms with van der Waals surface area (Å²) < 4.78 is 44.6. The zero-order valence-electron chi connectivity index (χ0n) is 12.7. The van der Waals surface area contributed by atoms with Gasteiger partial charge in [-0.2, -0.15) is 18.3 Å². The van der Waals surface area contributed by atoms with Crippen LogP contribution in [0.15, 0.2) is 36.7 Å². The van der Waals surface area contributed by atoms with Crippen LogP contribution < -0.4 is 4.74 Å². The molecule has 2 aromatic rings. The van der Waals surface area contributed by atoms with Crippen molar-refractivity contribution in [2.45, 2.75) is 12.7 Å². The van der Waals surface area contributed by atoms with E-state index in [4.69, 9.17) is 4.74 Å². The van der Waals surface area contributed by atoms with E-state index in [1.165, 1.54) is 17.0 Å². The van der Waals surface area contributed by atoms with Crippen molar-refractivity contribution in [1.29, 1.82) is 0 Å². The molecule has 1 aromatic carbocycles. The number of hydrogen-bond acceptors (Lipinski definition) is 3. The summed E-state index contributed by atoms with van der Waals surface area (Å²) in [4.78, 5) is 13.4. The molecule has 0 saturated heterocycles. The van der Waals surface area contributed by atoms with Gasteiger partial charge in [-0.1, -0.05) is 6.07 Å². The van der Waals surface area contributed by atoms with E-state index in [0.717, 1.165) is 17.7 Å². The van der Waals surface area contributed by atoms with Gasteiger partial charge in [-0.25, -0.2) is 0 Å². The summed E-state index contributed by atoms with van der Waals surface area (Å²) in [5.41, 5.74) is 0.0357. The molecule has 0 saturated carbocycles. The number of carbonyl (C=O) groups is 1. The number of rotatable bonds is 5. The number of benzene rings is 1. The summed E-state index contributed by atoms with van der Waals surface area (Å²) in [5, 5.41) is 4.00. The maximum Gasteiger partial charge on any atom is 0.416 e. The molecule has 8 heteroatoms. The quantitative estimate of drug-likeness (QED) is 0.848. The Morgan fingerprint density at radius 2 is 2.13 bits per heavy atom. The molecule has 0 bridgehead atoms. The van der Waals surface area contributed by atoms with Gasteiger partial charge in [-0.05, 0) is 18.2 Å². The molecule has 0 unspecified atom stereocenters. The monoisotopic (exact) mass is 327 g/mol. The third-order valence-corrected chi connectivity index (χ3v) is 3.13. The van der Waals surface area contributed by atoms with Gasteiger partial charge in [0.25, 0.3) is 5.91 Å². The van der Waals surface area contributed by atoms with E-state index < -0.39 is 11.7 Å². The summed E-state index contributed by atoms with van der Waals surface area (Å²) >= 11 is 0. The maximum absolute atomic E-state index is 12.6. The molecule has 23 heavy (non-hydrogen) atoms. The molecule has 0 spiro atoms. The number of hydrogen-bond donors (Lipinski definition) is 0. The summed E-state index contributed by atoms with van der Waals surface area (Å²) in [6, 6.07) is 4.43. The zero-order chi connectivity index (χ0) is 17.0. The van der Waals surface area contributed by atoms with E-state index in [1.54, 1.807) is 31.2 Å². The minimum atomic E-state index is -4.44. The second-order valence-electron chi connectivity index (χ2n) is 5.09. The van der Waals surface area contributed by atoms with E-state index in [1.807, 2.05) is 0 Å². The Hall–Kier alpha value is -2.51. The molecule has 1 amide bonds. The number of aromatic nitrogens is 2. The SMILES string of the molecule is CN(Cc1cnn(C)c1)C(=O)COc1cccc(C(F)(F)F)c1. The lowest BCUT2D eigenvalue weighted by atomic mass is 10.2. The number of amides is 1. The lowest BCUT2D eigenvalue weighted by Gasteiger charge is -2.17. The minimum Gasteiger partial charge on any atom is -0.484 e. The summed E-state index contributed by atoms with van der Waals surface area (Å²) in [6.45, 7) is 0.0106. The molecule has 0 N–H and O–H groups in total. The molecule has 1 aromatic heterocycles. The normalized spacial score (nSPS) is 11.3. The van der Waals surface area contributed by atoms with Crippen LogP contribution in [-0.2, 0) is 24.6 Å². The lowest BCUT2D eigenvalue weighted by molar-refractivity contribution is -0.137. The molecule has 0 fully saturated rings. The third kappa shape index (κ3) is 4.73. The van der Waals surface area contributed by atoms with Crippen molar-refractivity contribution >= 4 is 5.91 Å². The van der Waals surface area contributed by atoms with Gasteiger partial charge in [-0.3, -0.25) is 9.48 Å². The molecule has 1 heterocycles. The van der Waals surface area contributed by atoms with Crippen molar-refractivity contribution in [2.75, 3.05) is 13.7 Å². The van der Waals surface area contributed by atoms with Crippen LogP contribution in [0.25, 0.3) is 0 Å². The number of ether oxygens (including phenoxy) is 1. The number of carbonyl (C=O) groups excluding carboxylic acids is 1. The number of halogens is 3. The Morgan fingerprint density at radius 3 is 2.74 bits per heavy atom. The molecule has 0 radical (unpaired) electrons. The first-order valence-corrected chi connectivity index (χ1v) is 6.77. The smallest absolute Gasteiger partial charge is 0.416 e. The standard InChI is InChI=1S/C15H16F3N3O2/c1-20(8-11-7-19-21(2)9-11)14(22)10-23-13-5-3-4-12(6-13)15(16,17)18/h3-7,9H,8,10H2,1-2H3. The number of likely N-dealkylation sites (N-methyl/N-ethyl adjacent to an activating group) is 1. The Bertz CT molecular complexity index is 683. The predicted octanol–water partition coefficient (Wildman–Crippen LogP) is 2.48. The van der Waals surface area contributed by atoms with Gasteiger partial charge >= 0.3 is 6.18 Å². The van der Waals surface area contributed by atoms with E-state index in [2.05, 4.69) is 5.10 Å². The highest BCUT2D eigenvalue weighted by molar-refractivity contribution is 5.77. The zero-order valence-corrected chi connectivity index (χ0v) is 12.7.